The summed E-state index contributed by atoms with van der Waals surface area (Å²) in [4.78, 5) is 6.94. The van der Waals surface area contributed by atoms with E-state index in [0.717, 1.165) is 16.5 Å². The Morgan fingerprint density at radius 3 is 2.45 bits per heavy atom. The molecule has 5 rings (SSSR count). The minimum atomic E-state index is -3.02. The number of rotatable bonds is 9. The third kappa shape index (κ3) is 5.02. The minimum absolute atomic E-state index is 0.00734. The zero-order valence-electron chi connectivity index (χ0n) is 22.1. The molecule has 0 aliphatic carbocycles. The average molecular weight is 535 g/mol. The molecule has 2 aliphatic heterocycles. The SMILES string of the molecule is CCC(F)(F)CN1[C@H](c2c(F)cc(NC3CN(CCCF)C3)cc2F)c2[nH]c3ccccc3c2CC1(C)C. The van der Waals surface area contributed by atoms with Crippen molar-refractivity contribution in [1.82, 2.24) is 14.8 Å². The smallest absolute Gasteiger partial charge is 0.260 e. The van der Waals surface area contributed by atoms with Gasteiger partial charge in [0.15, 0.2) is 0 Å². The molecule has 2 aliphatic rings. The van der Waals surface area contributed by atoms with Crippen LogP contribution in [0.3, 0.4) is 0 Å². The number of anilines is 1. The number of nitrogens with zero attached hydrogens (tertiary/aromatic N) is 2. The van der Waals surface area contributed by atoms with Gasteiger partial charge in [0.05, 0.1) is 25.3 Å². The van der Waals surface area contributed by atoms with Crippen LogP contribution in [0.4, 0.5) is 27.6 Å². The van der Waals surface area contributed by atoms with Gasteiger partial charge in [0, 0.05) is 59.4 Å². The molecule has 1 aromatic heterocycles. The molecule has 1 atom stereocenters. The van der Waals surface area contributed by atoms with Crippen molar-refractivity contribution in [2.75, 3.05) is 38.2 Å². The number of likely N-dealkylation sites (tertiary alicyclic amines) is 1. The van der Waals surface area contributed by atoms with Crippen LogP contribution in [0.1, 0.15) is 56.5 Å². The van der Waals surface area contributed by atoms with E-state index in [1.54, 1.807) is 4.90 Å². The van der Waals surface area contributed by atoms with E-state index in [4.69, 9.17) is 0 Å². The van der Waals surface area contributed by atoms with Crippen LogP contribution in [0.25, 0.3) is 10.9 Å². The van der Waals surface area contributed by atoms with Crippen LogP contribution in [0.2, 0.25) is 0 Å². The molecule has 0 unspecified atom stereocenters. The number of aromatic nitrogens is 1. The lowest BCUT2D eigenvalue weighted by molar-refractivity contribution is -0.0741. The van der Waals surface area contributed by atoms with Gasteiger partial charge in [-0.3, -0.25) is 14.2 Å². The Labute approximate surface area is 220 Å². The number of para-hydroxylation sites is 1. The largest absolute Gasteiger partial charge is 0.380 e. The third-order valence-electron chi connectivity index (χ3n) is 8.03. The van der Waals surface area contributed by atoms with Gasteiger partial charge in [-0.1, -0.05) is 25.1 Å². The summed E-state index contributed by atoms with van der Waals surface area (Å²) < 4.78 is 73.8. The highest BCUT2D eigenvalue weighted by molar-refractivity contribution is 5.85. The molecule has 38 heavy (non-hydrogen) atoms. The number of hydrogen-bond donors (Lipinski definition) is 2. The second kappa shape index (κ2) is 10.2. The molecule has 3 aromatic rings. The summed E-state index contributed by atoms with van der Waals surface area (Å²) in [5, 5.41) is 4.09. The predicted octanol–water partition coefficient (Wildman–Crippen LogP) is 6.67. The van der Waals surface area contributed by atoms with Crippen LogP contribution in [-0.2, 0) is 6.42 Å². The highest BCUT2D eigenvalue weighted by Gasteiger charge is 2.47. The van der Waals surface area contributed by atoms with E-state index in [9.17, 15) is 13.2 Å². The number of nitrogens with one attached hydrogen (secondary N) is 2. The van der Waals surface area contributed by atoms with Gasteiger partial charge in [0.2, 0.25) is 0 Å². The molecule has 2 N–H and O–H groups in total. The van der Waals surface area contributed by atoms with E-state index in [2.05, 4.69) is 15.2 Å². The fraction of sp³-hybridized carbons (Fsp3) is 0.517. The molecular formula is C29H35F5N4. The van der Waals surface area contributed by atoms with Crippen LogP contribution in [-0.4, -0.2) is 65.1 Å². The number of aromatic amines is 1. The van der Waals surface area contributed by atoms with Crippen molar-refractivity contribution in [2.24, 2.45) is 0 Å². The first-order valence-corrected chi connectivity index (χ1v) is 13.3. The second-order valence-corrected chi connectivity index (χ2v) is 11.3. The number of fused-ring (bicyclic) bond motifs is 3. The maximum absolute atomic E-state index is 15.8. The Morgan fingerprint density at radius 2 is 1.79 bits per heavy atom. The van der Waals surface area contributed by atoms with Crippen LogP contribution in [0, 0.1) is 11.6 Å². The van der Waals surface area contributed by atoms with E-state index in [-0.39, 0.29) is 24.7 Å². The van der Waals surface area contributed by atoms with Crippen molar-refractivity contribution in [1.29, 1.82) is 0 Å². The van der Waals surface area contributed by atoms with E-state index in [1.165, 1.54) is 19.1 Å². The molecular weight excluding hydrogens is 499 g/mol. The zero-order chi connectivity index (χ0) is 27.2. The third-order valence-corrected chi connectivity index (χ3v) is 8.03. The Hall–Kier alpha value is -2.65. The lowest BCUT2D eigenvalue weighted by Gasteiger charge is -2.49. The van der Waals surface area contributed by atoms with E-state index in [0.29, 0.717) is 43.9 Å². The zero-order valence-corrected chi connectivity index (χ0v) is 22.1. The number of benzene rings is 2. The molecule has 0 saturated carbocycles. The number of hydrogen-bond acceptors (Lipinski definition) is 3. The summed E-state index contributed by atoms with van der Waals surface area (Å²) >= 11 is 0. The maximum Gasteiger partial charge on any atom is 0.260 e. The molecule has 2 aromatic carbocycles. The first-order chi connectivity index (χ1) is 18.0. The van der Waals surface area contributed by atoms with E-state index >= 15 is 8.78 Å². The van der Waals surface area contributed by atoms with Gasteiger partial charge in [-0.25, -0.2) is 17.6 Å². The maximum atomic E-state index is 15.8. The minimum Gasteiger partial charge on any atom is -0.380 e. The molecule has 206 valence electrons. The normalized spacial score (nSPS) is 20.5. The molecule has 1 saturated heterocycles. The first kappa shape index (κ1) is 26.9. The van der Waals surface area contributed by atoms with Gasteiger partial charge >= 0.3 is 0 Å². The van der Waals surface area contributed by atoms with Gasteiger partial charge < -0.3 is 10.3 Å². The Bertz CT molecular complexity index is 1270. The van der Waals surface area contributed by atoms with Crippen molar-refractivity contribution in [3.63, 3.8) is 0 Å². The summed E-state index contributed by atoms with van der Waals surface area (Å²) in [7, 11) is 0. The van der Waals surface area contributed by atoms with E-state index in [1.807, 2.05) is 38.1 Å². The summed E-state index contributed by atoms with van der Waals surface area (Å²) in [6.45, 7) is 6.12. The van der Waals surface area contributed by atoms with Gasteiger partial charge in [0.25, 0.3) is 5.92 Å². The lowest BCUT2D eigenvalue weighted by Crippen LogP contribution is -2.55. The fourth-order valence-electron chi connectivity index (χ4n) is 5.94. The number of alkyl halides is 3. The Morgan fingerprint density at radius 1 is 1.11 bits per heavy atom. The molecule has 0 spiro atoms. The standard InChI is InChI=1S/C29H35F5N4/c1-4-29(33,34)17-38-27(26-21(14-28(38,2)3)20-8-5-6-9-24(20)36-26)25-22(31)12-18(13-23(25)32)35-19-15-37(16-19)11-7-10-30/h5-6,8-9,12-13,19,27,35-36H,4,7,10-11,14-17H2,1-3H3/t27-/m1/s1. The Kier molecular flexibility index (Phi) is 7.20. The average Bonchev–Trinajstić information content (AvgIpc) is 3.19. The molecule has 1 fully saturated rings. The summed E-state index contributed by atoms with van der Waals surface area (Å²) in [6.07, 6.45) is 0.557. The molecule has 0 amide bonds. The highest BCUT2D eigenvalue weighted by atomic mass is 19.3. The van der Waals surface area contributed by atoms with Crippen molar-refractivity contribution < 1.29 is 22.0 Å². The van der Waals surface area contributed by atoms with Crippen molar-refractivity contribution in [3.05, 3.63) is 64.9 Å². The Balaban J connectivity index is 1.53. The van der Waals surface area contributed by atoms with Crippen LogP contribution in [0.5, 0.6) is 0 Å². The molecule has 9 heteroatoms. The molecule has 3 heterocycles. The van der Waals surface area contributed by atoms with Crippen molar-refractivity contribution in [3.8, 4) is 0 Å². The van der Waals surface area contributed by atoms with Gasteiger partial charge in [-0.05, 0) is 50.5 Å². The summed E-state index contributed by atoms with van der Waals surface area (Å²) in [6, 6.07) is 9.07. The second-order valence-electron chi connectivity index (χ2n) is 11.3. The van der Waals surface area contributed by atoms with Crippen LogP contribution >= 0.6 is 0 Å². The monoisotopic (exact) mass is 534 g/mol. The summed E-state index contributed by atoms with van der Waals surface area (Å²) in [5.74, 6) is -4.58. The summed E-state index contributed by atoms with van der Waals surface area (Å²) in [5.41, 5.74) is 1.54. The molecule has 4 nitrogen and oxygen atoms in total. The predicted molar refractivity (Wildman–Crippen MR) is 141 cm³/mol. The quantitative estimate of drug-likeness (QED) is 0.301. The van der Waals surface area contributed by atoms with Crippen LogP contribution < -0.4 is 5.32 Å². The number of halogens is 5. The van der Waals surface area contributed by atoms with Crippen molar-refractivity contribution >= 4 is 16.6 Å². The first-order valence-electron chi connectivity index (χ1n) is 13.3. The van der Waals surface area contributed by atoms with Crippen molar-refractivity contribution in [2.45, 2.75) is 63.6 Å². The van der Waals surface area contributed by atoms with Gasteiger partial charge in [-0.15, -0.1) is 0 Å². The van der Waals surface area contributed by atoms with E-state index < -0.39 is 35.7 Å². The molecule has 0 radical (unpaired) electrons. The highest BCUT2D eigenvalue weighted by Crippen LogP contribution is 2.47. The topological polar surface area (TPSA) is 34.3 Å². The van der Waals surface area contributed by atoms with Gasteiger partial charge in [-0.2, -0.15) is 0 Å². The lowest BCUT2D eigenvalue weighted by atomic mass is 9.80. The van der Waals surface area contributed by atoms with Crippen LogP contribution in [0.15, 0.2) is 36.4 Å². The fourth-order valence-corrected chi connectivity index (χ4v) is 5.94. The molecule has 0 bridgehead atoms. The van der Waals surface area contributed by atoms with Gasteiger partial charge in [0.1, 0.15) is 11.6 Å². The number of H-pyrrole nitrogens is 1.